The van der Waals surface area contributed by atoms with Crippen molar-refractivity contribution in [1.29, 1.82) is 0 Å². The summed E-state index contributed by atoms with van der Waals surface area (Å²) in [6.45, 7) is 2.52. The van der Waals surface area contributed by atoms with E-state index in [2.05, 4.69) is 4.90 Å². The van der Waals surface area contributed by atoms with Gasteiger partial charge in [-0.3, -0.25) is 19.8 Å². The summed E-state index contributed by atoms with van der Waals surface area (Å²) < 4.78 is 38.1. The van der Waals surface area contributed by atoms with Crippen LogP contribution in [0.5, 0.6) is 0 Å². The first-order valence-corrected chi connectivity index (χ1v) is 9.64. The Bertz CT molecular complexity index is 935. The third-order valence-electron chi connectivity index (χ3n) is 4.95. The molecule has 1 aliphatic heterocycles. The Labute approximate surface area is 176 Å². The SMILES string of the molecule is O=C(c1cc([N+](=O)[O-])ccc1Cl)N1CCCN(Cc2ccc(C(F)(F)F)cc2)CC1. The van der Waals surface area contributed by atoms with Crippen molar-refractivity contribution in [3.8, 4) is 0 Å². The third kappa shape index (κ3) is 5.28. The predicted octanol–water partition coefficient (Wildman–Crippen LogP) is 4.62. The van der Waals surface area contributed by atoms with Crippen LogP contribution in [0, 0.1) is 10.1 Å². The molecule has 2 aromatic rings. The number of amides is 1. The molecule has 0 aromatic heterocycles. The van der Waals surface area contributed by atoms with Crippen molar-refractivity contribution >= 4 is 23.2 Å². The quantitative estimate of drug-likeness (QED) is 0.513. The average Bonchev–Trinajstić information content (AvgIpc) is 2.93. The number of non-ortho nitro benzene ring substituents is 1. The van der Waals surface area contributed by atoms with E-state index in [0.29, 0.717) is 39.1 Å². The first kappa shape index (κ1) is 22.0. The summed E-state index contributed by atoms with van der Waals surface area (Å²) in [5.41, 5.74) is -0.0548. The molecule has 0 bridgehead atoms. The fourth-order valence-electron chi connectivity index (χ4n) is 3.35. The molecule has 0 unspecified atom stereocenters. The van der Waals surface area contributed by atoms with Gasteiger partial charge in [-0.15, -0.1) is 0 Å². The number of benzene rings is 2. The molecule has 30 heavy (non-hydrogen) atoms. The summed E-state index contributed by atoms with van der Waals surface area (Å²) in [6.07, 6.45) is -3.70. The van der Waals surface area contributed by atoms with Crippen molar-refractivity contribution in [1.82, 2.24) is 9.80 Å². The molecule has 1 aliphatic rings. The topological polar surface area (TPSA) is 66.7 Å². The van der Waals surface area contributed by atoms with Crippen LogP contribution in [0.2, 0.25) is 5.02 Å². The highest BCUT2D eigenvalue weighted by Gasteiger charge is 2.30. The molecule has 0 spiro atoms. The second-order valence-electron chi connectivity index (χ2n) is 7.04. The highest BCUT2D eigenvalue weighted by molar-refractivity contribution is 6.33. The van der Waals surface area contributed by atoms with E-state index in [1.807, 2.05) is 0 Å². The maximum Gasteiger partial charge on any atom is 0.416 e. The normalized spacial score (nSPS) is 15.7. The molecule has 160 valence electrons. The van der Waals surface area contributed by atoms with E-state index in [-0.39, 0.29) is 22.2 Å². The minimum atomic E-state index is -4.37. The molecule has 1 heterocycles. The number of carbonyl (C=O) groups excluding carboxylic acids is 1. The molecule has 6 nitrogen and oxygen atoms in total. The van der Waals surface area contributed by atoms with Gasteiger partial charge in [0, 0.05) is 44.9 Å². The lowest BCUT2D eigenvalue weighted by atomic mass is 10.1. The van der Waals surface area contributed by atoms with Gasteiger partial charge in [-0.05, 0) is 30.2 Å². The average molecular weight is 442 g/mol. The number of nitro groups is 1. The summed E-state index contributed by atoms with van der Waals surface area (Å²) in [5.74, 6) is -0.375. The summed E-state index contributed by atoms with van der Waals surface area (Å²) in [4.78, 5) is 26.9. The largest absolute Gasteiger partial charge is 0.416 e. The number of carbonyl (C=O) groups is 1. The zero-order chi connectivity index (χ0) is 21.9. The van der Waals surface area contributed by atoms with Gasteiger partial charge in [-0.2, -0.15) is 13.2 Å². The highest BCUT2D eigenvalue weighted by atomic mass is 35.5. The van der Waals surface area contributed by atoms with Crippen LogP contribution in [0.25, 0.3) is 0 Å². The second-order valence-corrected chi connectivity index (χ2v) is 7.45. The fourth-order valence-corrected chi connectivity index (χ4v) is 3.55. The monoisotopic (exact) mass is 441 g/mol. The Balaban J connectivity index is 1.64. The Hall–Kier alpha value is -2.65. The zero-order valence-electron chi connectivity index (χ0n) is 15.9. The molecule has 0 saturated carbocycles. The van der Waals surface area contributed by atoms with Gasteiger partial charge in [0.15, 0.2) is 0 Å². The first-order chi connectivity index (χ1) is 14.1. The van der Waals surface area contributed by atoms with Crippen molar-refractivity contribution in [3.63, 3.8) is 0 Å². The number of nitrogens with zero attached hydrogens (tertiary/aromatic N) is 3. The van der Waals surface area contributed by atoms with Crippen LogP contribution >= 0.6 is 11.6 Å². The van der Waals surface area contributed by atoms with Crippen LogP contribution in [0.15, 0.2) is 42.5 Å². The lowest BCUT2D eigenvalue weighted by Crippen LogP contribution is -2.35. The van der Waals surface area contributed by atoms with E-state index >= 15 is 0 Å². The second kappa shape index (κ2) is 9.01. The molecule has 0 N–H and O–H groups in total. The van der Waals surface area contributed by atoms with Crippen molar-refractivity contribution in [3.05, 3.63) is 74.3 Å². The number of rotatable bonds is 4. The zero-order valence-corrected chi connectivity index (χ0v) is 16.6. The molecule has 10 heteroatoms. The van der Waals surface area contributed by atoms with Gasteiger partial charge >= 0.3 is 6.18 Å². The first-order valence-electron chi connectivity index (χ1n) is 9.27. The van der Waals surface area contributed by atoms with E-state index in [4.69, 9.17) is 11.6 Å². The van der Waals surface area contributed by atoms with E-state index in [9.17, 15) is 28.1 Å². The lowest BCUT2D eigenvalue weighted by molar-refractivity contribution is -0.384. The fraction of sp³-hybridized carbons (Fsp3) is 0.350. The standard InChI is InChI=1S/C20H19ClF3N3O3/c21-18-7-6-16(27(29)30)12-17(18)19(28)26-9-1-8-25(10-11-26)13-14-2-4-15(5-3-14)20(22,23)24/h2-7,12H,1,8-11,13H2. The predicted molar refractivity (Wildman–Crippen MR) is 105 cm³/mol. The Kier molecular flexibility index (Phi) is 6.62. The highest BCUT2D eigenvalue weighted by Crippen LogP contribution is 2.29. The maximum absolute atomic E-state index is 12.8. The van der Waals surface area contributed by atoms with Crippen molar-refractivity contribution in [2.45, 2.75) is 19.1 Å². The van der Waals surface area contributed by atoms with Crippen LogP contribution in [-0.4, -0.2) is 46.8 Å². The number of nitro benzene ring substituents is 1. The minimum Gasteiger partial charge on any atom is -0.337 e. The van der Waals surface area contributed by atoms with E-state index < -0.39 is 16.7 Å². The van der Waals surface area contributed by atoms with Gasteiger partial charge in [0.2, 0.25) is 0 Å². The Morgan fingerprint density at radius 2 is 1.77 bits per heavy atom. The van der Waals surface area contributed by atoms with Gasteiger partial charge in [0.25, 0.3) is 11.6 Å². The van der Waals surface area contributed by atoms with Gasteiger partial charge in [-0.1, -0.05) is 23.7 Å². The molecule has 1 amide bonds. The molecule has 0 atom stereocenters. The van der Waals surface area contributed by atoms with Crippen LogP contribution in [0.3, 0.4) is 0 Å². The van der Waals surface area contributed by atoms with E-state index in [1.165, 1.54) is 30.3 Å². The number of halogens is 4. The maximum atomic E-state index is 12.8. The van der Waals surface area contributed by atoms with Gasteiger partial charge < -0.3 is 4.90 Å². The molecule has 2 aromatic carbocycles. The van der Waals surface area contributed by atoms with Crippen LogP contribution in [-0.2, 0) is 12.7 Å². The smallest absolute Gasteiger partial charge is 0.337 e. The molecule has 0 radical (unpaired) electrons. The number of alkyl halides is 3. The Morgan fingerprint density at radius 3 is 2.40 bits per heavy atom. The van der Waals surface area contributed by atoms with Crippen molar-refractivity contribution < 1.29 is 22.9 Å². The summed E-state index contributed by atoms with van der Waals surface area (Å²) in [6, 6.07) is 8.80. The number of hydrogen-bond donors (Lipinski definition) is 0. The minimum absolute atomic E-state index is 0.0852. The van der Waals surface area contributed by atoms with Crippen LogP contribution in [0.1, 0.15) is 27.9 Å². The molecular weight excluding hydrogens is 423 g/mol. The van der Waals surface area contributed by atoms with Crippen LogP contribution < -0.4 is 0 Å². The Morgan fingerprint density at radius 1 is 1.07 bits per heavy atom. The summed E-state index contributed by atoms with van der Waals surface area (Å²) in [7, 11) is 0. The van der Waals surface area contributed by atoms with Crippen LogP contribution in [0.4, 0.5) is 18.9 Å². The van der Waals surface area contributed by atoms with Gasteiger partial charge in [0.05, 0.1) is 21.1 Å². The van der Waals surface area contributed by atoms with Gasteiger partial charge in [0.1, 0.15) is 0 Å². The van der Waals surface area contributed by atoms with Gasteiger partial charge in [-0.25, -0.2) is 0 Å². The third-order valence-corrected chi connectivity index (χ3v) is 5.28. The van der Waals surface area contributed by atoms with Crippen molar-refractivity contribution in [2.75, 3.05) is 26.2 Å². The molecule has 0 aliphatic carbocycles. The van der Waals surface area contributed by atoms with Crippen molar-refractivity contribution in [2.24, 2.45) is 0 Å². The molecular formula is C20H19ClF3N3O3. The lowest BCUT2D eigenvalue weighted by Gasteiger charge is -2.22. The number of hydrogen-bond acceptors (Lipinski definition) is 4. The van der Waals surface area contributed by atoms with E-state index in [0.717, 1.165) is 17.7 Å². The summed E-state index contributed by atoms with van der Waals surface area (Å²) in [5, 5.41) is 11.1. The molecule has 3 rings (SSSR count). The summed E-state index contributed by atoms with van der Waals surface area (Å²) >= 11 is 6.08. The van der Waals surface area contributed by atoms with E-state index in [1.54, 1.807) is 4.90 Å². The molecule has 1 saturated heterocycles. The molecule has 1 fully saturated rings.